The number of hydrogen-bond acceptors (Lipinski definition) is 2. The van der Waals surface area contributed by atoms with Gasteiger partial charge in [0.25, 0.3) is 5.91 Å². The Morgan fingerprint density at radius 2 is 2.35 bits per heavy atom. The highest BCUT2D eigenvalue weighted by molar-refractivity contribution is 14.1. The first kappa shape index (κ1) is 14.3. The van der Waals surface area contributed by atoms with Crippen molar-refractivity contribution in [3.63, 3.8) is 0 Å². The Morgan fingerprint density at radius 3 is 3.06 bits per heavy atom. The SMILES string of the molecule is [N-]=[N+]=NCCCNC(=O)c1cc(I)ccc1Br. The molecule has 0 bridgehead atoms. The van der Waals surface area contributed by atoms with Crippen LogP contribution in [-0.4, -0.2) is 19.0 Å². The minimum atomic E-state index is -0.128. The number of benzene rings is 1. The van der Waals surface area contributed by atoms with Crippen molar-refractivity contribution >= 4 is 44.4 Å². The highest BCUT2D eigenvalue weighted by atomic mass is 127. The topological polar surface area (TPSA) is 77.9 Å². The smallest absolute Gasteiger partial charge is 0.252 e. The number of azide groups is 1. The summed E-state index contributed by atoms with van der Waals surface area (Å²) in [5.41, 5.74) is 8.70. The molecule has 90 valence electrons. The molecule has 0 aromatic heterocycles. The number of hydrogen-bond donors (Lipinski definition) is 1. The molecule has 1 rings (SSSR count). The molecule has 0 saturated carbocycles. The minimum Gasteiger partial charge on any atom is -0.352 e. The Balaban J connectivity index is 2.52. The summed E-state index contributed by atoms with van der Waals surface area (Å²) in [7, 11) is 0. The normalized spacial score (nSPS) is 9.53. The Bertz CT molecular complexity index is 460. The first-order valence-corrected chi connectivity index (χ1v) is 6.76. The van der Waals surface area contributed by atoms with Crippen molar-refractivity contribution in [3.8, 4) is 0 Å². The molecule has 1 amide bonds. The van der Waals surface area contributed by atoms with E-state index in [1.54, 1.807) is 0 Å². The van der Waals surface area contributed by atoms with Crippen LogP contribution < -0.4 is 5.32 Å². The fourth-order valence-corrected chi connectivity index (χ4v) is 2.08. The van der Waals surface area contributed by atoms with Gasteiger partial charge < -0.3 is 5.32 Å². The second-order valence-electron chi connectivity index (χ2n) is 3.19. The van der Waals surface area contributed by atoms with Crippen LogP contribution in [0.5, 0.6) is 0 Å². The van der Waals surface area contributed by atoms with Crippen molar-refractivity contribution < 1.29 is 4.79 Å². The number of halogens is 2. The van der Waals surface area contributed by atoms with E-state index >= 15 is 0 Å². The minimum absolute atomic E-state index is 0.128. The average molecular weight is 409 g/mol. The van der Waals surface area contributed by atoms with Gasteiger partial charge in [-0.05, 0) is 68.7 Å². The van der Waals surface area contributed by atoms with E-state index < -0.39 is 0 Å². The van der Waals surface area contributed by atoms with Crippen LogP contribution in [0.4, 0.5) is 0 Å². The zero-order valence-corrected chi connectivity index (χ0v) is 12.6. The van der Waals surface area contributed by atoms with Gasteiger partial charge in [-0.1, -0.05) is 5.11 Å². The van der Waals surface area contributed by atoms with Gasteiger partial charge >= 0.3 is 0 Å². The number of carbonyl (C=O) groups excluding carboxylic acids is 1. The van der Waals surface area contributed by atoms with E-state index in [1.807, 2.05) is 18.2 Å². The van der Waals surface area contributed by atoms with Crippen molar-refractivity contribution in [3.05, 3.63) is 42.2 Å². The summed E-state index contributed by atoms with van der Waals surface area (Å²) in [6.45, 7) is 0.889. The van der Waals surface area contributed by atoms with Crippen molar-refractivity contribution in [1.29, 1.82) is 0 Å². The van der Waals surface area contributed by atoms with Gasteiger partial charge in [-0.25, -0.2) is 0 Å². The maximum absolute atomic E-state index is 11.8. The molecule has 0 saturated heterocycles. The highest BCUT2D eigenvalue weighted by Crippen LogP contribution is 2.19. The van der Waals surface area contributed by atoms with Gasteiger partial charge in [-0.15, -0.1) is 0 Å². The molecule has 1 aromatic carbocycles. The molecule has 0 heterocycles. The van der Waals surface area contributed by atoms with Crippen LogP contribution >= 0.6 is 38.5 Å². The molecule has 0 radical (unpaired) electrons. The van der Waals surface area contributed by atoms with Crippen LogP contribution in [0, 0.1) is 3.57 Å². The molecule has 7 heteroatoms. The largest absolute Gasteiger partial charge is 0.352 e. The summed E-state index contributed by atoms with van der Waals surface area (Å²) in [4.78, 5) is 14.4. The first-order chi connectivity index (χ1) is 8.15. The summed E-state index contributed by atoms with van der Waals surface area (Å²) in [5, 5.41) is 6.16. The van der Waals surface area contributed by atoms with E-state index in [-0.39, 0.29) is 5.91 Å². The fraction of sp³-hybridized carbons (Fsp3) is 0.300. The average Bonchev–Trinajstić information content (AvgIpc) is 2.32. The molecule has 0 atom stereocenters. The van der Waals surface area contributed by atoms with E-state index in [1.165, 1.54) is 0 Å². The standard InChI is InChI=1S/C10H10BrIN4O/c11-9-3-2-7(12)6-8(9)10(17)14-4-1-5-15-16-13/h2-3,6H,1,4-5H2,(H,14,17). The lowest BCUT2D eigenvalue weighted by atomic mass is 10.2. The maximum Gasteiger partial charge on any atom is 0.252 e. The highest BCUT2D eigenvalue weighted by Gasteiger charge is 2.09. The molecule has 1 aromatic rings. The van der Waals surface area contributed by atoms with Gasteiger partial charge in [0.05, 0.1) is 5.56 Å². The van der Waals surface area contributed by atoms with Crippen molar-refractivity contribution in [2.45, 2.75) is 6.42 Å². The second-order valence-corrected chi connectivity index (χ2v) is 5.29. The molecule has 5 nitrogen and oxygen atoms in total. The Hall–Kier alpha value is -0.790. The zero-order valence-electron chi connectivity index (χ0n) is 8.86. The predicted octanol–water partition coefficient (Wildman–Crippen LogP) is 3.48. The number of rotatable bonds is 5. The summed E-state index contributed by atoms with van der Waals surface area (Å²) >= 11 is 5.49. The third kappa shape index (κ3) is 4.93. The molecular formula is C10H10BrIN4O. The molecule has 0 fully saturated rings. The summed E-state index contributed by atoms with van der Waals surface area (Å²) in [6, 6.07) is 5.58. The van der Waals surface area contributed by atoms with Crippen LogP contribution in [0.3, 0.4) is 0 Å². The van der Waals surface area contributed by atoms with E-state index in [0.717, 1.165) is 8.04 Å². The molecule has 0 unspecified atom stereocenters. The van der Waals surface area contributed by atoms with Crippen LogP contribution in [-0.2, 0) is 0 Å². The van der Waals surface area contributed by atoms with Gasteiger partial charge in [0.15, 0.2) is 0 Å². The summed E-state index contributed by atoms with van der Waals surface area (Å²) < 4.78 is 1.77. The molecule has 1 N–H and O–H groups in total. The van der Waals surface area contributed by atoms with E-state index in [0.29, 0.717) is 25.1 Å². The van der Waals surface area contributed by atoms with E-state index in [2.05, 4.69) is 53.9 Å². The predicted molar refractivity (Wildman–Crippen MR) is 77.8 cm³/mol. The van der Waals surface area contributed by atoms with Gasteiger partial charge in [-0.2, -0.15) is 0 Å². The first-order valence-electron chi connectivity index (χ1n) is 4.89. The lowest BCUT2D eigenvalue weighted by Crippen LogP contribution is -2.25. The Morgan fingerprint density at radius 1 is 1.59 bits per heavy atom. The maximum atomic E-state index is 11.8. The van der Waals surface area contributed by atoms with Crippen molar-refractivity contribution in [2.75, 3.05) is 13.1 Å². The van der Waals surface area contributed by atoms with Crippen LogP contribution in [0.2, 0.25) is 0 Å². The summed E-state index contributed by atoms with van der Waals surface area (Å²) in [5.74, 6) is -0.128. The van der Waals surface area contributed by atoms with Gasteiger partial charge in [0.1, 0.15) is 0 Å². The van der Waals surface area contributed by atoms with Crippen LogP contribution in [0.25, 0.3) is 10.4 Å². The lowest BCUT2D eigenvalue weighted by molar-refractivity contribution is 0.0952. The second kappa shape index (κ2) is 7.52. The zero-order chi connectivity index (χ0) is 12.7. The number of nitrogens with one attached hydrogen (secondary N) is 1. The fourth-order valence-electron chi connectivity index (χ4n) is 1.16. The van der Waals surface area contributed by atoms with Crippen LogP contribution in [0.1, 0.15) is 16.8 Å². The third-order valence-electron chi connectivity index (χ3n) is 1.96. The van der Waals surface area contributed by atoms with Crippen molar-refractivity contribution in [2.24, 2.45) is 5.11 Å². The number of amides is 1. The monoisotopic (exact) mass is 408 g/mol. The van der Waals surface area contributed by atoms with Gasteiger partial charge in [0, 0.05) is 26.0 Å². The quantitative estimate of drug-likeness (QED) is 0.261. The van der Waals surface area contributed by atoms with E-state index in [4.69, 9.17) is 5.53 Å². The molecular weight excluding hydrogens is 399 g/mol. The summed E-state index contributed by atoms with van der Waals surface area (Å²) in [6.07, 6.45) is 0.636. The van der Waals surface area contributed by atoms with Crippen molar-refractivity contribution in [1.82, 2.24) is 5.32 Å². The van der Waals surface area contributed by atoms with E-state index in [9.17, 15) is 4.79 Å². The van der Waals surface area contributed by atoms with Crippen LogP contribution in [0.15, 0.2) is 27.8 Å². The Kier molecular flexibility index (Phi) is 6.31. The number of carbonyl (C=O) groups is 1. The molecule has 0 aliphatic rings. The third-order valence-corrected chi connectivity index (χ3v) is 3.32. The number of nitrogens with zero attached hydrogens (tertiary/aromatic N) is 3. The van der Waals surface area contributed by atoms with Gasteiger partial charge in [-0.3, -0.25) is 4.79 Å². The molecule has 0 spiro atoms. The molecule has 17 heavy (non-hydrogen) atoms. The lowest BCUT2D eigenvalue weighted by Gasteiger charge is -2.06. The molecule has 0 aliphatic carbocycles. The van der Waals surface area contributed by atoms with Gasteiger partial charge in [0.2, 0.25) is 0 Å². The molecule has 0 aliphatic heterocycles. The Labute approximate surface area is 121 Å².